The molecule has 0 radical (unpaired) electrons. The second-order valence-electron chi connectivity index (χ2n) is 4.09. The summed E-state index contributed by atoms with van der Waals surface area (Å²) in [5.74, 6) is 1.06. The van der Waals surface area contributed by atoms with Crippen molar-refractivity contribution in [1.29, 1.82) is 0 Å². The Balaban J connectivity index is 2.03. The molecule has 1 saturated heterocycles. The lowest BCUT2D eigenvalue weighted by Crippen LogP contribution is -2.29. The second kappa shape index (κ2) is 5.22. The summed E-state index contributed by atoms with van der Waals surface area (Å²) in [5.41, 5.74) is 0. The van der Waals surface area contributed by atoms with Gasteiger partial charge in [0.1, 0.15) is 0 Å². The summed E-state index contributed by atoms with van der Waals surface area (Å²) in [6, 6.07) is 0. The van der Waals surface area contributed by atoms with E-state index in [-0.39, 0.29) is 11.8 Å². The van der Waals surface area contributed by atoms with Gasteiger partial charge in [0.25, 0.3) is 0 Å². The first-order valence-electron chi connectivity index (χ1n) is 5.18. The fourth-order valence-corrected chi connectivity index (χ4v) is 1.56. The number of carbonyl (C=O) groups excluding carboxylic acids is 1. The second-order valence-corrected chi connectivity index (χ2v) is 4.09. The van der Waals surface area contributed by atoms with Crippen molar-refractivity contribution < 1.29 is 4.79 Å². The first-order chi connectivity index (χ1) is 6.20. The molecule has 1 heterocycles. The summed E-state index contributed by atoms with van der Waals surface area (Å²) in [6.07, 6.45) is 2.38. The number of hydrogen-bond acceptors (Lipinski definition) is 2. The van der Waals surface area contributed by atoms with Crippen LogP contribution in [0.3, 0.4) is 0 Å². The smallest absolute Gasteiger partial charge is 0.222 e. The highest BCUT2D eigenvalue weighted by Crippen LogP contribution is 2.10. The van der Waals surface area contributed by atoms with Gasteiger partial charge in [-0.1, -0.05) is 13.8 Å². The van der Waals surface area contributed by atoms with Gasteiger partial charge in [0.05, 0.1) is 0 Å². The molecule has 0 saturated carbocycles. The Morgan fingerprint density at radius 2 is 2.38 bits per heavy atom. The maximum Gasteiger partial charge on any atom is 0.222 e. The van der Waals surface area contributed by atoms with Gasteiger partial charge in [0, 0.05) is 12.5 Å². The Hall–Kier alpha value is -0.570. The van der Waals surface area contributed by atoms with Gasteiger partial charge >= 0.3 is 0 Å². The van der Waals surface area contributed by atoms with Crippen molar-refractivity contribution in [2.75, 3.05) is 19.6 Å². The van der Waals surface area contributed by atoms with Crippen molar-refractivity contribution in [3.8, 4) is 0 Å². The van der Waals surface area contributed by atoms with Crippen LogP contribution in [0.2, 0.25) is 0 Å². The van der Waals surface area contributed by atoms with Crippen molar-refractivity contribution in [3.63, 3.8) is 0 Å². The fourth-order valence-electron chi connectivity index (χ4n) is 1.56. The molecule has 2 N–H and O–H groups in total. The maximum absolute atomic E-state index is 11.2. The average molecular weight is 184 g/mol. The minimum Gasteiger partial charge on any atom is -0.356 e. The van der Waals surface area contributed by atoms with E-state index in [9.17, 15) is 4.79 Å². The summed E-state index contributed by atoms with van der Waals surface area (Å²) < 4.78 is 0. The number of nitrogens with one attached hydrogen (secondary N) is 2. The molecule has 1 aliphatic rings. The Kier molecular flexibility index (Phi) is 4.22. The van der Waals surface area contributed by atoms with Crippen molar-refractivity contribution in [2.45, 2.75) is 26.7 Å². The zero-order chi connectivity index (χ0) is 9.68. The molecule has 76 valence electrons. The molecule has 3 heteroatoms. The van der Waals surface area contributed by atoms with E-state index in [0.717, 1.165) is 32.0 Å². The molecule has 0 aromatic rings. The third kappa shape index (κ3) is 3.77. The van der Waals surface area contributed by atoms with Crippen molar-refractivity contribution in [2.24, 2.45) is 11.8 Å². The number of rotatable bonds is 4. The van der Waals surface area contributed by atoms with Crippen LogP contribution in [0.1, 0.15) is 26.7 Å². The van der Waals surface area contributed by atoms with E-state index >= 15 is 0 Å². The fraction of sp³-hybridized carbons (Fsp3) is 0.900. The van der Waals surface area contributed by atoms with Crippen LogP contribution >= 0.6 is 0 Å². The van der Waals surface area contributed by atoms with Crippen molar-refractivity contribution >= 4 is 5.91 Å². The molecule has 1 atom stereocenters. The summed E-state index contributed by atoms with van der Waals surface area (Å²) in [4.78, 5) is 11.2. The van der Waals surface area contributed by atoms with Gasteiger partial charge in [0.15, 0.2) is 0 Å². The average Bonchev–Trinajstić information content (AvgIpc) is 2.56. The van der Waals surface area contributed by atoms with E-state index in [2.05, 4.69) is 10.6 Å². The van der Waals surface area contributed by atoms with Gasteiger partial charge in [-0.05, 0) is 31.8 Å². The monoisotopic (exact) mass is 184 g/mol. The van der Waals surface area contributed by atoms with Crippen LogP contribution in [0.15, 0.2) is 0 Å². The quantitative estimate of drug-likeness (QED) is 0.677. The third-order valence-electron chi connectivity index (χ3n) is 2.54. The SMILES string of the molecule is CC(C)C(=O)NCCC1CCNC1. The number of carbonyl (C=O) groups is 1. The van der Waals surface area contributed by atoms with Crippen molar-refractivity contribution in [1.82, 2.24) is 10.6 Å². The maximum atomic E-state index is 11.2. The summed E-state index contributed by atoms with van der Waals surface area (Å²) >= 11 is 0. The number of amides is 1. The van der Waals surface area contributed by atoms with E-state index in [0.29, 0.717) is 0 Å². The van der Waals surface area contributed by atoms with Crippen molar-refractivity contribution in [3.05, 3.63) is 0 Å². The molecule has 13 heavy (non-hydrogen) atoms. The van der Waals surface area contributed by atoms with Crippen LogP contribution in [0, 0.1) is 11.8 Å². The standard InChI is InChI=1S/C10H20N2O/c1-8(2)10(13)12-6-4-9-3-5-11-7-9/h8-9,11H,3-7H2,1-2H3,(H,12,13). The van der Waals surface area contributed by atoms with Crippen LogP contribution in [-0.4, -0.2) is 25.5 Å². The lowest BCUT2D eigenvalue weighted by molar-refractivity contribution is -0.124. The van der Waals surface area contributed by atoms with E-state index < -0.39 is 0 Å². The molecule has 0 aliphatic carbocycles. The van der Waals surface area contributed by atoms with Crippen LogP contribution in [0.25, 0.3) is 0 Å². The van der Waals surface area contributed by atoms with Gasteiger partial charge < -0.3 is 10.6 Å². The van der Waals surface area contributed by atoms with E-state index in [1.165, 1.54) is 6.42 Å². The van der Waals surface area contributed by atoms with Crippen LogP contribution in [0.4, 0.5) is 0 Å². The van der Waals surface area contributed by atoms with Crippen LogP contribution < -0.4 is 10.6 Å². The lowest BCUT2D eigenvalue weighted by atomic mass is 10.1. The van der Waals surface area contributed by atoms with Gasteiger partial charge in [0.2, 0.25) is 5.91 Å². The normalized spacial score (nSPS) is 22.2. The van der Waals surface area contributed by atoms with Gasteiger partial charge in [-0.3, -0.25) is 4.79 Å². The van der Waals surface area contributed by atoms with Gasteiger partial charge in [-0.25, -0.2) is 0 Å². The molecule has 1 amide bonds. The highest BCUT2D eigenvalue weighted by Gasteiger charge is 2.14. The largest absolute Gasteiger partial charge is 0.356 e. The number of hydrogen-bond donors (Lipinski definition) is 2. The molecule has 1 unspecified atom stereocenters. The molecule has 3 nitrogen and oxygen atoms in total. The van der Waals surface area contributed by atoms with E-state index in [1.807, 2.05) is 13.8 Å². The lowest BCUT2D eigenvalue weighted by Gasteiger charge is -2.10. The predicted octanol–water partition coefficient (Wildman–Crippen LogP) is 0.758. The molecular weight excluding hydrogens is 164 g/mol. The zero-order valence-corrected chi connectivity index (χ0v) is 8.60. The summed E-state index contributed by atoms with van der Waals surface area (Å²) in [6.45, 7) is 6.95. The van der Waals surface area contributed by atoms with Gasteiger partial charge in [-0.15, -0.1) is 0 Å². The minimum absolute atomic E-state index is 0.113. The first kappa shape index (κ1) is 10.5. The van der Waals surface area contributed by atoms with Crippen LogP contribution in [0.5, 0.6) is 0 Å². The first-order valence-corrected chi connectivity index (χ1v) is 5.18. The summed E-state index contributed by atoms with van der Waals surface area (Å²) in [7, 11) is 0. The van der Waals surface area contributed by atoms with Crippen LogP contribution in [-0.2, 0) is 4.79 Å². The van der Waals surface area contributed by atoms with Gasteiger partial charge in [-0.2, -0.15) is 0 Å². The molecule has 1 aliphatic heterocycles. The molecular formula is C10H20N2O. The summed E-state index contributed by atoms with van der Waals surface area (Å²) in [5, 5.41) is 6.26. The van der Waals surface area contributed by atoms with E-state index in [4.69, 9.17) is 0 Å². The highest BCUT2D eigenvalue weighted by molar-refractivity contribution is 5.77. The molecule has 1 rings (SSSR count). The molecule has 0 aromatic heterocycles. The topological polar surface area (TPSA) is 41.1 Å². The minimum atomic E-state index is 0.113. The zero-order valence-electron chi connectivity index (χ0n) is 8.60. The predicted molar refractivity (Wildman–Crippen MR) is 53.4 cm³/mol. The Bertz CT molecular complexity index is 162. The Morgan fingerprint density at radius 3 is 2.92 bits per heavy atom. The van der Waals surface area contributed by atoms with E-state index in [1.54, 1.807) is 0 Å². The Labute approximate surface area is 80.3 Å². The molecule has 0 bridgehead atoms. The Morgan fingerprint density at radius 1 is 1.62 bits per heavy atom. The highest BCUT2D eigenvalue weighted by atomic mass is 16.1. The molecule has 0 spiro atoms. The molecule has 1 fully saturated rings. The molecule has 0 aromatic carbocycles. The third-order valence-corrected chi connectivity index (χ3v) is 2.54.